The molecule has 1 unspecified atom stereocenters. The lowest BCUT2D eigenvalue weighted by Gasteiger charge is -2.12. The van der Waals surface area contributed by atoms with E-state index in [4.69, 9.17) is 34.1 Å². The SMILES string of the molecule is CC(C(N)=NO)c1ccc(-n2cc(Cl)cn2)c(Cl)c1. The molecule has 0 amide bonds. The molecular weight excluding hydrogens is 287 g/mol. The first kappa shape index (κ1) is 13.7. The summed E-state index contributed by atoms with van der Waals surface area (Å²) in [5, 5.41) is 16.8. The Morgan fingerprint density at radius 1 is 1.47 bits per heavy atom. The molecule has 19 heavy (non-hydrogen) atoms. The van der Waals surface area contributed by atoms with Crippen molar-refractivity contribution in [2.45, 2.75) is 12.8 Å². The fourth-order valence-corrected chi connectivity index (χ4v) is 2.08. The number of nitrogens with zero attached hydrogens (tertiary/aromatic N) is 3. The Morgan fingerprint density at radius 2 is 2.21 bits per heavy atom. The van der Waals surface area contributed by atoms with Gasteiger partial charge in [0.2, 0.25) is 0 Å². The quantitative estimate of drug-likeness (QED) is 0.396. The predicted octanol–water partition coefficient (Wildman–Crippen LogP) is 3.03. The maximum atomic E-state index is 8.67. The van der Waals surface area contributed by atoms with Gasteiger partial charge in [-0.2, -0.15) is 5.10 Å². The van der Waals surface area contributed by atoms with Gasteiger partial charge in [-0.25, -0.2) is 4.68 Å². The largest absolute Gasteiger partial charge is 0.409 e. The minimum absolute atomic E-state index is 0.131. The summed E-state index contributed by atoms with van der Waals surface area (Å²) >= 11 is 12.0. The Bertz CT molecular complexity index is 624. The smallest absolute Gasteiger partial charge is 0.146 e. The Balaban J connectivity index is 2.37. The summed E-state index contributed by atoms with van der Waals surface area (Å²) < 4.78 is 1.59. The molecule has 7 heteroatoms. The average molecular weight is 299 g/mol. The number of nitrogens with two attached hydrogens (primary N) is 1. The summed E-state index contributed by atoms with van der Waals surface area (Å²) in [6.07, 6.45) is 3.19. The summed E-state index contributed by atoms with van der Waals surface area (Å²) in [6, 6.07) is 5.41. The first-order chi connectivity index (χ1) is 9.02. The molecule has 2 aromatic rings. The second-order valence-corrected chi connectivity index (χ2v) is 4.90. The summed E-state index contributed by atoms with van der Waals surface area (Å²) in [4.78, 5) is 0. The van der Waals surface area contributed by atoms with Crippen molar-refractivity contribution in [2.75, 3.05) is 0 Å². The van der Waals surface area contributed by atoms with E-state index in [-0.39, 0.29) is 11.8 Å². The van der Waals surface area contributed by atoms with Gasteiger partial charge in [-0.05, 0) is 17.7 Å². The number of hydrogen-bond acceptors (Lipinski definition) is 3. The van der Waals surface area contributed by atoms with Crippen LogP contribution < -0.4 is 5.73 Å². The van der Waals surface area contributed by atoms with Gasteiger partial charge in [-0.15, -0.1) is 0 Å². The lowest BCUT2D eigenvalue weighted by Crippen LogP contribution is -2.19. The van der Waals surface area contributed by atoms with Gasteiger partial charge in [0.05, 0.1) is 21.9 Å². The van der Waals surface area contributed by atoms with Crippen molar-refractivity contribution >= 4 is 29.0 Å². The third kappa shape index (κ3) is 2.83. The molecule has 1 heterocycles. The summed E-state index contributed by atoms with van der Waals surface area (Å²) in [7, 11) is 0. The van der Waals surface area contributed by atoms with Gasteiger partial charge in [-0.3, -0.25) is 0 Å². The molecule has 0 saturated carbocycles. The zero-order chi connectivity index (χ0) is 14.0. The fourth-order valence-electron chi connectivity index (χ4n) is 1.67. The van der Waals surface area contributed by atoms with Crippen molar-refractivity contribution in [3.8, 4) is 5.69 Å². The number of rotatable bonds is 3. The molecule has 100 valence electrons. The first-order valence-corrected chi connectivity index (χ1v) is 6.26. The standard InChI is InChI=1S/C12H12Cl2N4O/c1-7(12(15)17-19)8-2-3-11(10(14)4-8)18-6-9(13)5-16-18/h2-7,19H,1H3,(H2,15,17). The van der Waals surface area contributed by atoms with Gasteiger partial charge in [0.25, 0.3) is 0 Å². The Kier molecular flexibility index (Phi) is 3.97. The van der Waals surface area contributed by atoms with E-state index >= 15 is 0 Å². The van der Waals surface area contributed by atoms with Crippen molar-refractivity contribution in [1.82, 2.24) is 9.78 Å². The first-order valence-electron chi connectivity index (χ1n) is 5.50. The fraction of sp³-hybridized carbons (Fsp3) is 0.167. The van der Waals surface area contributed by atoms with Gasteiger partial charge in [0.1, 0.15) is 5.84 Å². The minimum atomic E-state index is -0.224. The molecule has 1 aromatic heterocycles. The van der Waals surface area contributed by atoms with E-state index in [9.17, 15) is 0 Å². The molecule has 5 nitrogen and oxygen atoms in total. The van der Waals surface area contributed by atoms with Crippen LogP contribution in [-0.2, 0) is 0 Å². The highest BCUT2D eigenvalue weighted by Gasteiger charge is 2.13. The van der Waals surface area contributed by atoms with Gasteiger partial charge in [0, 0.05) is 12.1 Å². The van der Waals surface area contributed by atoms with E-state index in [2.05, 4.69) is 10.3 Å². The van der Waals surface area contributed by atoms with Crippen molar-refractivity contribution in [3.63, 3.8) is 0 Å². The normalized spacial score (nSPS) is 13.5. The van der Waals surface area contributed by atoms with Crippen molar-refractivity contribution in [2.24, 2.45) is 10.9 Å². The van der Waals surface area contributed by atoms with E-state index in [0.717, 1.165) is 5.56 Å². The molecule has 0 saturated heterocycles. The van der Waals surface area contributed by atoms with Crippen molar-refractivity contribution < 1.29 is 5.21 Å². The highest BCUT2D eigenvalue weighted by Crippen LogP contribution is 2.26. The predicted molar refractivity (Wildman–Crippen MR) is 75.4 cm³/mol. The molecule has 0 spiro atoms. The lowest BCUT2D eigenvalue weighted by atomic mass is 10.00. The Hall–Kier alpha value is -1.72. The highest BCUT2D eigenvalue weighted by molar-refractivity contribution is 6.32. The maximum Gasteiger partial charge on any atom is 0.146 e. The molecule has 3 N–H and O–H groups in total. The van der Waals surface area contributed by atoms with Crippen LogP contribution in [0, 0.1) is 0 Å². The number of amidine groups is 1. The van der Waals surface area contributed by atoms with Crippen LogP contribution in [0.2, 0.25) is 10.0 Å². The second-order valence-electron chi connectivity index (χ2n) is 4.06. The zero-order valence-corrected chi connectivity index (χ0v) is 11.6. The molecular formula is C12H12Cl2N4O. The topological polar surface area (TPSA) is 76.4 Å². The van der Waals surface area contributed by atoms with Crippen LogP contribution in [-0.4, -0.2) is 20.8 Å². The molecule has 0 fully saturated rings. The molecule has 1 aromatic carbocycles. The highest BCUT2D eigenvalue weighted by atomic mass is 35.5. The third-order valence-electron chi connectivity index (χ3n) is 2.83. The van der Waals surface area contributed by atoms with Crippen molar-refractivity contribution in [1.29, 1.82) is 0 Å². The molecule has 0 bridgehead atoms. The van der Waals surface area contributed by atoms with Gasteiger partial charge in [0.15, 0.2) is 0 Å². The van der Waals surface area contributed by atoms with E-state index in [0.29, 0.717) is 15.7 Å². The molecule has 0 aliphatic heterocycles. The Labute approximate surface area is 120 Å². The van der Waals surface area contributed by atoms with Crippen LogP contribution in [0.3, 0.4) is 0 Å². The molecule has 2 rings (SSSR count). The zero-order valence-electron chi connectivity index (χ0n) is 10.1. The van der Waals surface area contributed by atoms with Gasteiger partial charge < -0.3 is 10.9 Å². The monoisotopic (exact) mass is 298 g/mol. The van der Waals surface area contributed by atoms with Gasteiger partial charge >= 0.3 is 0 Å². The van der Waals surface area contributed by atoms with Crippen molar-refractivity contribution in [3.05, 3.63) is 46.2 Å². The van der Waals surface area contributed by atoms with Crippen LogP contribution in [0.5, 0.6) is 0 Å². The van der Waals surface area contributed by atoms with Crippen LogP contribution >= 0.6 is 23.2 Å². The third-order valence-corrected chi connectivity index (χ3v) is 3.33. The second kappa shape index (κ2) is 5.50. The number of aromatic nitrogens is 2. The van der Waals surface area contributed by atoms with E-state index in [1.165, 1.54) is 6.20 Å². The lowest BCUT2D eigenvalue weighted by molar-refractivity contribution is 0.316. The number of hydrogen-bond donors (Lipinski definition) is 2. The molecule has 0 aliphatic rings. The summed E-state index contributed by atoms with van der Waals surface area (Å²) in [5.41, 5.74) is 7.13. The average Bonchev–Trinajstić information content (AvgIpc) is 2.83. The van der Waals surface area contributed by atoms with E-state index in [1.54, 1.807) is 16.9 Å². The van der Waals surface area contributed by atoms with E-state index in [1.807, 2.05) is 19.1 Å². The molecule has 0 radical (unpaired) electrons. The van der Waals surface area contributed by atoms with Crippen LogP contribution in [0.4, 0.5) is 0 Å². The molecule has 0 aliphatic carbocycles. The maximum absolute atomic E-state index is 8.67. The molecule has 1 atom stereocenters. The summed E-state index contributed by atoms with van der Waals surface area (Å²) in [5.74, 6) is -0.0938. The summed E-state index contributed by atoms with van der Waals surface area (Å²) in [6.45, 7) is 1.82. The Morgan fingerprint density at radius 3 is 2.74 bits per heavy atom. The van der Waals surface area contributed by atoms with Crippen LogP contribution in [0.15, 0.2) is 35.7 Å². The minimum Gasteiger partial charge on any atom is -0.409 e. The number of halogens is 2. The van der Waals surface area contributed by atoms with Gasteiger partial charge in [-0.1, -0.05) is 41.3 Å². The van der Waals surface area contributed by atoms with E-state index < -0.39 is 0 Å². The van der Waals surface area contributed by atoms with Crippen LogP contribution in [0.1, 0.15) is 18.4 Å². The number of oxime groups is 1. The number of benzene rings is 1. The van der Waals surface area contributed by atoms with Crippen LogP contribution in [0.25, 0.3) is 5.69 Å².